The fraction of sp³-hybridized carbons (Fsp3) is 0.267. The molecule has 0 aliphatic heterocycles. The summed E-state index contributed by atoms with van der Waals surface area (Å²) in [6.45, 7) is 0.404. The van der Waals surface area contributed by atoms with Crippen molar-refractivity contribution in [2.24, 2.45) is 0 Å². The van der Waals surface area contributed by atoms with Crippen LogP contribution in [0.1, 0.15) is 17.2 Å². The highest BCUT2D eigenvalue weighted by molar-refractivity contribution is 7.90. The summed E-state index contributed by atoms with van der Waals surface area (Å²) in [5.74, 6) is -1.00. The highest BCUT2D eigenvalue weighted by atomic mass is 32.2. The number of likely N-dealkylation sites (N-methyl/N-ethyl adjacent to an activating group) is 1. The lowest BCUT2D eigenvalue weighted by molar-refractivity contribution is -0.143. The zero-order valence-corrected chi connectivity index (χ0v) is 13.1. The van der Waals surface area contributed by atoms with Crippen LogP contribution in [0.2, 0.25) is 0 Å². The zero-order valence-electron chi connectivity index (χ0n) is 12.3. The van der Waals surface area contributed by atoms with Crippen molar-refractivity contribution >= 4 is 15.8 Å². The normalized spacial score (nSPS) is 13.2. The van der Waals surface area contributed by atoms with Gasteiger partial charge in [-0.05, 0) is 30.8 Å². The number of carboxylic acids is 1. The van der Waals surface area contributed by atoms with E-state index in [4.69, 9.17) is 4.42 Å². The molecule has 0 amide bonds. The van der Waals surface area contributed by atoms with Crippen LogP contribution in [0.15, 0.2) is 52.2 Å². The topological polar surface area (TPSA) is 87.8 Å². The molecule has 2 aromatic rings. The maximum Gasteiger partial charge on any atom is 0.325 e. The number of benzene rings is 1. The SMILES string of the molecule is CN(Cc1ccoc1)[C@H](C(=O)O)c1ccc(S(C)(=O)=O)cc1. The van der Waals surface area contributed by atoms with Gasteiger partial charge in [0.2, 0.25) is 0 Å². The third-order valence-corrected chi connectivity index (χ3v) is 4.44. The lowest BCUT2D eigenvalue weighted by Gasteiger charge is -2.24. The molecule has 1 aromatic heterocycles. The van der Waals surface area contributed by atoms with Crippen LogP contribution in [-0.4, -0.2) is 37.7 Å². The fourth-order valence-corrected chi connectivity index (χ4v) is 2.88. The van der Waals surface area contributed by atoms with Crippen molar-refractivity contribution in [1.29, 1.82) is 0 Å². The van der Waals surface area contributed by atoms with Gasteiger partial charge in [0.1, 0.15) is 6.04 Å². The van der Waals surface area contributed by atoms with Crippen LogP contribution in [-0.2, 0) is 21.2 Å². The first-order valence-corrected chi connectivity index (χ1v) is 8.42. The number of carboxylic acid groups (broad SMARTS) is 1. The largest absolute Gasteiger partial charge is 0.480 e. The van der Waals surface area contributed by atoms with Crippen molar-refractivity contribution in [3.05, 3.63) is 54.0 Å². The number of nitrogens with zero attached hydrogens (tertiary/aromatic N) is 1. The molecule has 1 atom stereocenters. The second kappa shape index (κ2) is 6.33. The second-order valence-electron chi connectivity index (χ2n) is 5.13. The number of rotatable bonds is 6. The van der Waals surface area contributed by atoms with Gasteiger partial charge in [-0.2, -0.15) is 0 Å². The van der Waals surface area contributed by atoms with Gasteiger partial charge in [0, 0.05) is 18.4 Å². The van der Waals surface area contributed by atoms with E-state index in [1.54, 1.807) is 24.3 Å². The van der Waals surface area contributed by atoms with E-state index in [9.17, 15) is 18.3 Å². The molecule has 0 radical (unpaired) electrons. The smallest absolute Gasteiger partial charge is 0.325 e. The van der Waals surface area contributed by atoms with Crippen molar-refractivity contribution in [2.75, 3.05) is 13.3 Å². The van der Waals surface area contributed by atoms with Gasteiger partial charge in [-0.15, -0.1) is 0 Å². The molecular formula is C15H17NO5S. The number of hydrogen-bond acceptors (Lipinski definition) is 5. The highest BCUT2D eigenvalue weighted by Gasteiger charge is 2.25. The van der Waals surface area contributed by atoms with Crippen LogP contribution >= 0.6 is 0 Å². The van der Waals surface area contributed by atoms with Crippen LogP contribution in [0.3, 0.4) is 0 Å². The molecule has 7 heteroatoms. The van der Waals surface area contributed by atoms with Crippen molar-refractivity contribution in [1.82, 2.24) is 4.90 Å². The number of sulfone groups is 1. The van der Waals surface area contributed by atoms with Gasteiger partial charge in [-0.3, -0.25) is 9.69 Å². The van der Waals surface area contributed by atoms with Gasteiger partial charge in [0.25, 0.3) is 0 Å². The fourth-order valence-electron chi connectivity index (χ4n) is 2.24. The van der Waals surface area contributed by atoms with Crippen LogP contribution < -0.4 is 0 Å². The molecule has 118 valence electrons. The molecule has 0 saturated heterocycles. The molecule has 0 spiro atoms. The minimum Gasteiger partial charge on any atom is -0.480 e. The van der Waals surface area contributed by atoms with E-state index in [2.05, 4.69) is 0 Å². The summed E-state index contributed by atoms with van der Waals surface area (Å²) >= 11 is 0. The van der Waals surface area contributed by atoms with Gasteiger partial charge in [-0.1, -0.05) is 12.1 Å². The summed E-state index contributed by atoms with van der Waals surface area (Å²) in [6.07, 6.45) is 4.20. The van der Waals surface area contributed by atoms with E-state index in [0.717, 1.165) is 11.8 Å². The molecule has 1 N–H and O–H groups in total. The van der Waals surface area contributed by atoms with Crippen molar-refractivity contribution in [2.45, 2.75) is 17.5 Å². The summed E-state index contributed by atoms with van der Waals surface area (Å²) < 4.78 is 27.9. The molecule has 2 rings (SSSR count). The molecule has 0 unspecified atom stereocenters. The summed E-state index contributed by atoms with van der Waals surface area (Å²) in [6, 6.07) is 6.80. The average molecular weight is 323 g/mol. The summed E-state index contributed by atoms with van der Waals surface area (Å²) in [5.41, 5.74) is 1.38. The van der Waals surface area contributed by atoms with Gasteiger partial charge in [-0.25, -0.2) is 8.42 Å². The maximum atomic E-state index is 11.6. The molecule has 6 nitrogen and oxygen atoms in total. The molecule has 1 aromatic carbocycles. The van der Waals surface area contributed by atoms with Gasteiger partial charge in [0.15, 0.2) is 9.84 Å². The van der Waals surface area contributed by atoms with Gasteiger partial charge < -0.3 is 9.52 Å². The number of carbonyl (C=O) groups is 1. The Bertz CT molecular complexity index is 735. The highest BCUT2D eigenvalue weighted by Crippen LogP contribution is 2.23. The van der Waals surface area contributed by atoms with Gasteiger partial charge >= 0.3 is 5.97 Å². The molecule has 22 heavy (non-hydrogen) atoms. The van der Waals surface area contributed by atoms with E-state index in [1.165, 1.54) is 30.5 Å². The summed E-state index contributed by atoms with van der Waals surface area (Å²) in [4.78, 5) is 13.4. The van der Waals surface area contributed by atoms with E-state index in [-0.39, 0.29) is 4.90 Å². The number of hydrogen-bond donors (Lipinski definition) is 1. The Hall–Kier alpha value is -2.12. The average Bonchev–Trinajstić information content (AvgIpc) is 2.90. The Morgan fingerprint density at radius 1 is 1.27 bits per heavy atom. The Balaban J connectivity index is 2.26. The predicted octanol–water partition coefficient (Wildman–Crippen LogP) is 1.94. The lowest BCUT2D eigenvalue weighted by Crippen LogP contribution is -2.30. The molecule has 0 aliphatic rings. The molecule has 0 aliphatic carbocycles. The first-order valence-electron chi connectivity index (χ1n) is 6.53. The van der Waals surface area contributed by atoms with Crippen molar-refractivity contribution in [3.8, 4) is 0 Å². The summed E-state index contributed by atoms with van der Waals surface area (Å²) in [5, 5.41) is 9.47. The predicted molar refractivity (Wildman–Crippen MR) is 80.1 cm³/mol. The first kappa shape index (κ1) is 16.3. The monoisotopic (exact) mass is 323 g/mol. The third kappa shape index (κ3) is 3.75. The van der Waals surface area contributed by atoms with E-state index in [0.29, 0.717) is 12.1 Å². The number of furan rings is 1. The summed E-state index contributed by atoms with van der Waals surface area (Å²) in [7, 11) is -1.61. The first-order chi connectivity index (χ1) is 10.3. The minimum atomic E-state index is -3.30. The van der Waals surface area contributed by atoms with Crippen LogP contribution in [0, 0.1) is 0 Å². The molecular weight excluding hydrogens is 306 g/mol. The Labute approximate surface area is 128 Å². The Kier molecular flexibility index (Phi) is 4.68. The zero-order chi connectivity index (χ0) is 16.3. The van der Waals surface area contributed by atoms with Crippen molar-refractivity contribution < 1.29 is 22.7 Å². The standard InChI is InChI=1S/C15H17NO5S/c1-16(9-11-7-8-21-10-11)14(15(17)18)12-3-5-13(6-4-12)22(2,19)20/h3-8,10,14H,9H2,1-2H3,(H,17,18)/t14-/m0/s1. The molecule has 0 fully saturated rings. The lowest BCUT2D eigenvalue weighted by atomic mass is 10.1. The van der Waals surface area contributed by atoms with Crippen LogP contribution in [0.25, 0.3) is 0 Å². The quantitative estimate of drug-likeness (QED) is 0.874. The number of aliphatic carboxylic acids is 1. The van der Waals surface area contributed by atoms with E-state index >= 15 is 0 Å². The Morgan fingerprint density at radius 3 is 2.36 bits per heavy atom. The third-order valence-electron chi connectivity index (χ3n) is 3.31. The maximum absolute atomic E-state index is 11.6. The minimum absolute atomic E-state index is 0.165. The van der Waals surface area contributed by atoms with E-state index < -0.39 is 21.8 Å². The second-order valence-corrected chi connectivity index (χ2v) is 7.14. The van der Waals surface area contributed by atoms with Crippen LogP contribution in [0.4, 0.5) is 0 Å². The molecule has 0 bridgehead atoms. The molecule has 1 heterocycles. The van der Waals surface area contributed by atoms with Crippen LogP contribution in [0.5, 0.6) is 0 Å². The van der Waals surface area contributed by atoms with E-state index in [1.807, 2.05) is 0 Å². The molecule has 0 saturated carbocycles. The van der Waals surface area contributed by atoms with Gasteiger partial charge in [0.05, 0.1) is 17.4 Å². The Morgan fingerprint density at radius 2 is 1.91 bits per heavy atom. The van der Waals surface area contributed by atoms with Crippen molar-refractivity contribution in [3.63, 3.8) is 0 Å².